The fraction of sp³-hybridized carbons (Fsp3) is 0.600. The lowest BCUT2D eigenvalue weighted by Crippen LogP contribution is -2.48. The molecule has 0 bridgehead atoms. The van der Waals surface area contributed by atoms with Crippen molar-refractivity contribution >= 4 is 10.0 Å². The van der Waals surface area contributed by atoms with E-state index in [-0.39, 0.29) is 11.5 Å². The molecule has 1 aliphatic rings. The molecule has 1 saturated heterocycles. The molecule has 102 valence electrons. The van der Waals surface area contributed by atoms with Crippen molar-refractivity contribution in [1.29, 1.82) is 0 Å². The number of nitrogens with one attached hydrogen (secondary N) is 1. The second-order valence-electron chi connectivity index (χ2n) is 4.13. The monoisotopic (exact) mass is 275 g/mol. The first-order valence-electron chi connectivity index (χ1n) is 5.64. The normalized spacial score (nSPS) is 18.1. The maximum atomic E-state index is 12.1. The fourth-order valence-electron chi connectivity index (χ4n) is 1.76. The Morgan fingerprint density at radius 3 is 2.67 bits per heavy atom. The van der Waals surface area contributed by atoms with Crippen molar-refractivity contribution in [2.75, 3.05) is 26.3 Å². The molecule has 8 heteroatoms. The Hall–Kier alpha value is -0.930. The number of ether oxygens (including phenoxy) is 1. The van der Waals surface area contributed by atoms with Crippen LogP contribution < -0.4 is 4.83 Å². The topological polar surface area (TPSA) is 83.8 Å². The van der Waals surface area contributed by atoms with Gasteiger partial charge in [-0.3, -0.25) is 0 Å². The molecule has 1 aromatic rings. The molecule has 0 atom stereocenters. The van der Waals surface area contributed by atoms with E-state index in [1.807, 2.05) is 0 Å². The van der Waals surface area contributed by atoms with Gasteiger partial charge in [-0.15, -0.1) is 4.83 Å². The van der Waals surface area contributed by atoms with Gasteiger partial charge in [0.25, 0.3) is 10.0 Å². The van der Waals surface area contributed by atoms with Gasteiger partial charge in [0.05, 0.1) is 19.8 Å². The number of aliphatic hydroxyl groups is 1. The third-order valence-corrected chi connectivity index (χ3v) is 4.16. The zero-order valence-electron chi connectivity index (χ0n) is 10.2. The summed E-state index contributed by atoms with van der Waals surface area (Å²) in [4.78, 5) is 2.66. The van der Waals surface area contributed by atoms with E-state index in [0.29, 0.717) is 32.0 Å². The second kappa shape index (κ2) is 5.37. The van der Waals surface area contributed by atoms with E-state index < -0.39 is 10.0 Å². The van der Waals surface area contributed by atoms with E-state index >= 15 is 0 Å². The Balaban J connectivity index is 2.13. The van der Waals surface area contributed by atoms with Gasteiger partial charge in [0.15, 0.2) is 0 Å². The van der Waals surface area contributed by atoms with E-state index in [4.69, 9.17) is 9.84 Å². The van der Waals surface area contributed by atoms with Crippen LogP contribution in [0.2, 0.25) is 0 Å². The molecule has 0 spiro atoms. The summed E-state index contributed by atoms with van der Waals surface area (Å²) in [6.07, 6.45) is 1.48. The Bertz CT molecular complexity index is 505. The van der Waals surface area contributed by atoms with Crippen molar-refractivity contribution in [3.63, 3.8) is 0 Å². The van der Waals surface area contributed by atoms with E-state index in [9.17, 15) is 8.42 Å². The van der Waals surface area contributed by atoms with Crippen molar-refractivity contribution in [3.8, 4) is 0 Å². The van der Waals surface area contributed by atoms with Crippen LogP contribution in [0.5, 0.6) is 0 Å². The molecule has 0 amide bonds. The summed E-state index contributed by atoms with van der Waals surface area (Å²) in [5, 5.41) is 10.7. The summed E-state index contributed by atoms with van der Waals surface area (Å²) < 4.78 is 30.9. The highest BCUT2D eigenvalue weighted by atomic mass is 32.2. The summed E-state index contributed by atoms with van der Waals surface area (Å²) in [6, 6.07) is 1.46. The van der Waals surface area contributed by atoms with Crippen molar-refractivity contribution in [2.24, 2.45) is 7.05 Å². The zero-order chi connectivity index (χ0) is 13.2. The van der Waals surface area contributed by atoms with E-state index in [2.05, 4.69) is 4.83 Å². The number of hydrogen-bond donors (Lipinski definition) is 2. The minimum atomic E-state index is -3.58. The van der Waals surface area contributed by atoms with Crippen LogP contribution in [0.25, 0.3) is 0 Å². The second-order valence-corrected chi connectivity index (χ2v) is 5.79. The minimum Gasteiger partial charge on any atom is -0.390 e. The Kier molecular flexibility index (Phi) is 4.03. The number of morpholine rings is 1. The first kappa shape index (κ1) is 13.5. The van der Waals surface area contributed by atoms with E-state index in [0.717, 1.165) is 0 Å². The molecule has 2 heterocycles. The SMILES string of the molecule is Cn1cc(S(=O)(=O)NN2CCOCC2)cc1CO. The van der Waals surface area contributed by atoms with Gasteiger partial charge >= 0.3 is 0 Å². The van der Waals surface area contributed by atoms with Crippen LogP contribution in [0.15, 0.2) is 17.2 Å². The highest BCUT2D eigenvalue weighted by Crippen LogP contribution is 2.13. The number of aryl methyl sites for hydroxylation is 1. The Morgan fingerprint density at radius 1 is 1.44 bits per heavy atom. The minimum absolute atomic E-state index is 0.153. The number of hydrazine groups is 1. The number of aromatic nitrogens is 1. The highest BCUT2D eigenvalue weighted by Gasteiger charge is 2.21. The van der Waals surface area contributed by atoms with Crippen LogP contribution in [0.4, 0.5) is 0 Å². The van der Waals surface area contributed by atoms with Gasteiger partial charge in [-0.1, -0.05) is 0 Å². The average Bonchev–Trinajstić information content (AvgIpc) is 2.72. The molecule has 0 unspecified atom stereocenters. The van der Waals surface area contributed by atoms with Gasteiger partial charge in [-0.25, -0.2) is 13.4 Å². The van der Waals surface area contributed by atoms with Crippen LogP contribution in [0, 0.1) is 0 Å². The highest BCUT2D eigenvalue weighted by molar-refractivity contribution is 7.89. The van der Waals surface area contributed by atoms with Gasteiger partial charge in [-0.05, 0) is 6.07 Å². The number of sulfonamides is 1. The lowest BCUT2D eigenvalue weighted by Gasteiger charge is -2.26. The largest absolute Gasteiger partial charge is 0.390 e. The maximum Gasteiger partial charge on any atom is 0.254 e. The number of nitrogens with zero attached hydrogens (tertiary/aromatic N) is 2. The Morgan fingerprint density at radius 2 is 2.11 bits per heavy atom. The number of rotatable bonds is 4. The predicted molar refractivity (Wildman–Crippen MR) is 64.0 cm³/mol. The molecule has 7 nitrogen and oxygen atoms in total. The zero-order valence-corrected chi connectivity index (χ0v) is 11.0. The lowest BCUT2D eigenvalue weighted by atomic mass is 10.5. The third-order valence-electron chi connectivity index (χ3n) is 2.82. The first-order valence-corrected chi connectivity index (χ1v) is 7.12. The Labute approximate surface area is 106 Å². The van der Waals surface area contributed by atoms with Gasteiger partial charge in [0.1, 0.15) is 4.90 Å². The molecule has 2 N–H and O–H groups in total. The van der Waals surface area contributed by atoms with Gasteiger partial charge in [-0.2, -0.15) is 0 Å². The molecule has 0 radical (unpaired) electrons. The summed E-state index contributed by atoms with van der Waals surface area (Å²) >= 11 is 0. The third kappa shape index (κ3) is 2.90. The van der Waals surface area contributed by atoms with Crippen LogP contribution >= 0.6 is 0 Å². The molecular weight excluding hydrogens is 258 g/mol. The van der Waals surface area contributed by atoms with Crippen LogP contribution in [-0.4, -0.2) is 49.4 Å². The number of aliphatic hydroxyl groups excluding tert-OH is 1. The predicted octanol–water partition coefficient (Wildman–Crippen LogP) is -0.957. The number of hydrogen-bond acceptors (Lipinski definition) is 5. The molecule has 0 aliphatic carbocycles. The van der Waals surface area contributed by atoms with Crippen LogP contribution in [-0.2, 0) is 28.4 Å². The molecule has 0 aromatic carbocycles. The fourth-order valence-corrected chi connectivity index (χ4v) is 2.97. The average molecular weight is 275 g/mol. The molecule has 0 saturated carbocycles. The van der Waals surface area contributed by atoms with Crippen LogP contribution in [0.3, 0.4) is 0 Å². The van der Waals surface area contributed by atoms with Crippen molar-refractivity contribution in [2.45, 2.75) is 11.5 Å². The molecule has 1 fully saturated rings. The van der Waals surface area contributed by atoms with Crippen molar-refractivity contribution in [3.05, 3.63) is 18.0 Å². The molecule has 18 heavy (non-hydrogen) atoms. The summed E-state index contributed by atoms with van der Waals surface area (Å²) in [6.45, 7) is 1.89. The lowest BCUT2D eigenvalue weighted by molar-refractivity contribution is 0.0272. The van der Waals surface area contributed by atoms with Gasteiger partial charge < -0.3 is 14.4 Å². The van der Waals surface area contributed by atoms with Crippen LogP contribution in [0.1, 0.15) is 5.69 Å². The van der Waals surface area contributed by atoms with E-state index in [1.54, 1.807) is 16.6 Å². The first-order chi connectivity index (χ1) is 8.53. The van der Waals surface area contributed by atoms with Crippen molar-refractivity contribution in [1.82, 2.24) is 14.4 Å². The van der Waals surface area contributed by atoms with Crippen molar-refractivity contribution < 1.29 is 18.3 Å². The maximum absolute atomic E-state index is 12.1. The summed E-state index contributed by atoms with van der Waals surface area (Å²) in [7, 11) is -1.89. The van der Waals surface area contributed by atoms with Gasteiger partial charge in [0, 0.05) is 32.0 Å². The smallest absolute Gasteiger partial charge is 0.254 e. The molecule has 1 aliphatic heterocycles. The molecule has 1 aromatic heterocycles. The standard InChI is InChI=1S/C10H17N3O4S/c1-12-7-10(6-9(12)8-14)18(15,16)11-13-2-4-17-5-3-13/h6-7,11,14H,2-5,8H2,1H3. The van der Waals surface area contributed by atoms with Gasteiger partial charge in [0.2, 0.25) is 0 Å². The molecule has 2 rings (SSSR count). The molecular formula is C10H17N3O4S. The quantitative estimate of drug-likeness (QED) is 0.739. The summed E-state index contributed by atoms with van der Waals surface area (Å²) in [5.74, 6) is 0. The summed E-state index contributed by atoms with van der Waals surface area (Å²) in [5.41, 5.74) is 0.553. The van der Waals surface area contributed by atoms with E-state index in [1.165, 1.54) is 12.3 Å².